The molecular weight excluding hydrogens is 354 g/mol. The zero-order valence-electron chi connectivity index (χ0n) is 13.9. The third-order valence-corrected chi connectivity index (χ3v) is 5.26. The van der Waals surface area contributed by atoms with E-state index in [4.69, 9.17) is 11.6 Å². The molecule has 1 aromatic heterocycles. The molecule has 1 heterocycles. The van der Waals surface area contributed by atoms with Gasteiger partial charge in [-0.2, -0.15) is 0 Å². The first-order valence-corrected chi connectivity index (χ1v) is 9.39. The Balaban J connectivity index is 1.57. The summed E-state index contributed by atoms with van der Waals surface area (Å²) in [4.78, 5) is 12.1. The molecule has 0 amide bonds. The van der Waals surface area contributed by atoms with Crippen molar-refractivity contribution in [1.82, 2.24) is 14.8 Å². The number of hydrogen-bond donors (Lipinski definition) is 0. The molecule has 0 saturated carbocycles. The molecule has 4 nitrogen and oxygen atoms in total. The van der Waals surface area contributed by atoms with Crippen LogP contribution in [0.2, 0.25) is 5.02 Å². The monoisotopic (exact) mass is 371 g/mol. The van der Waals surface area contributed by atoms with Crippen molar-refractivity contribution in [1.29, 1.82) is 0 Å². The molecule has 0 N–H and O–H groups in total. The van der Waals surface area contributed by atoms with Crippen molar-refractivity contribution >= 4 is 29.1 Å². The molecule has 3 rings (SSSR count). The molecule has 0 spiro atoms. The van der Waals surface area contributed by atoms with Crippen molar-refractivity contribution in [3.05, 3.63) is 71.0 Å². The number of carbonyl (C=O) groups is 1. The second-order valence-corrected chi connectivity index (χ2v) is 7.13. The van der Waals surface area contributed by atoms with Gasteiger partial charge in [-0.05, 0) is 31.0 Å². The fourth-order valence-corrected chi connectivity index (χ4v) is 3.44. The average Bonchev–Trinajstić information content (AvgIpc) is 3.10. The number of thioether (sulfide) groups is 1. The largest absolute Gasteiger partial charge is 0.294 e. The number of ketones is 1. The van der Waals surface area contributed by atoms with Gasteiger partial charge >= 0.3 is 0 Å². The lowest BCUT2D eigenvalue weighted by Gasteiger charge is -2.08. The van der Waals surface area contributed by atoms with Crippen molar-refractivity contribution in [2.45, 2.75) is 24.9 Å². The Bertz CT molecular complexity index is 864. The first-order chi connectivity index (χ1) is 12.1. The molecule has 0 saturated heterocycles. The minimum Gasteiger partial charge on any atom is -0.294 e. The minimum absolute atomic E-state index is 0.174. The van der Waals surface area contributed by atoms with Crippen LogP contribution in [-0.2, 0) is 0 Å². The van der Waals surface area contributed by atoms with E-state index in [1.54, 1.807) is 18.1 Å². The van der Waals surface area contributed by atoms with E-state index in [0.717, 1.165) is 39.2 Å². The maximum Gasteiger partial charge on any atom is 0.195 e. The van der Waals surface area contributed by atoms with Crippen LogP contribution in [0.4, 0.5) is 0 Å². The smallest absolute Gasteiger partial charge is 0.195 e. The molecule has 25 heavy (non-hydrogen) atoms. The quantitative estimate of drug-likeness (QED) is 0.333. The molecule has 0 aliphatic rings. The van der Waals surface area contributed by atoms with Crippen molar-refractivity contribution in [2.24, 2.45) is 0 Å². The van der Waals surface area contributed by atoms with Crippen molar-refractivity contribution < 1.29 is 4.79 Å². The zero-order chi connectivity index (χ0) is 17.6. The third-order valence-electron chi connectivity index (χ3n) is 3.83. The van der Waals surface area contributed by atoms with Gasteiger partial charge in [0, 0.05) is 22.8 Å². The standard InChI is InChI=1S/C19H18ClN3OS/c1-14-9-10-16(12-17(14)20)23-13-21-22-19(23)25-11-5-8-18(24)15-6-3-2-4-7-15/h2-4,6-7,9-10,12-13H,5,8,11H2,1H3. The molecule has 6 heteroatoms. The minimum atomic E-state index is 0.174. The number of aryl methyl sites for hydroxylation is 1. The van der Waals surface area contributed by atoms with E-state index in [-0.39, 0.29) is 5.78 Å². The average molecular weight is 372 g/mol. The van der Waals surface area contributed by atoms with Crippen LogP contribution in [0.5, 0.6) is 0 Å². The number of Topliss-reactive ketones (excluding diaryl/α,β-unsaturated/α-hetero) is 1. The van der Waals surface area contributed by atoms with E-state index in [9.17, 15) is 4.79 Å². The Labute approximate surface area is 156 Å². The van der Waals surface area contributed by atoms with E-state index >= 15 is 0 Å². The molecule has 0 bridgehead atoms. The molecule has 3 aromatic rings. The second kappa shape index (κ2) is 8.32. The van der Waals surface area contributed by atoms with Crippen LogP contribution in [0.15, 0.2) is 60.0 Å². The fourth-order valence-electron chi connectivity index (χ4n) is 2.40. The van der Waals surface area contributed by atoms with Gasteiger partial charge in [0.15, 0.2) is 10.9 Å². The number of aromatic nitrogens is 3. The van der Waals surface area contributed by atoms with Gasteiger partial charge in [-0.1, -0.05) is 59.8 Å². The summed E-state index contributed by atoms with van der Waals surface area (Å²) in [5.74, 6) is 0.976. The summed E-state index contributed by atoms with van der Waals surface area (Å²) in [5.41, 5.74) is 2.74. The number of hydrogen-bond acceptors (Lipinski definition) is 4. The van der Waals surface area contributed by atoms with Gasteiger partial charge in [0.05, 0.1) is 5.69 Å². The van der Waals surface area contributed by atoms with E-state index < -0.39 is 0 Å². The highest BCUT2D eigenvalue weighted by Gasteiger charge is 2.10. The molecule has 0 fully saturated rings. The highest BCUT2D eigenvalue weighted by Crippen LogP contribution is 2.24. The lowest BCUT2D eigenvalue weighted by Crippen LogP contribution is -2.00. The predicted molar refractivity (Wildman–Crippen MR) is 102 cm³/mol. The maximum absolute atomic E-state index is 12.1. The van der Waals surface area contributed by atoms with Crippen LogP contribution in [0, 0.1) is 6.92 Å². The Morgan fingerprint density at radius 2 is 2.00 bits per heavy atom. The summed E-state index contributed by atoms with van der Waals surface area (Å²) in [5, 5.41) is 9.68. The normalized spacial score (nSPS) is 10.8. The first kappa shape index (κ1) is 17.7. The number of carbonyl (C=O) groups excluding carboxylic acids is 1. The molecule has 0 unspecified atom stereocenters. The van der Waals surface area contributed by atoms with Gasteiger partial charge in [0.1, 0.15) is 6.33 Å². The van der Waals surface area contributed by atoms with E-state index in [1.807, 2.05) is 60.0 Å². The highest BCUT2D eigenvalue weighted by molar-refractivity contribution is 7.99. The summed E-state index contributed by atoms with van der Waals surface area (Å²) in [6.45, 7) is 1.97. The molecular formula is C19H18ClN3OS. The van der Waals surface area contributed by atoms with E-state index in [0.29, 0.717) is 6.42 Å². The van der Waals surface area contributed by atoms with E-state index in [2.05, 4.69) is 10.2 Å². The Morgan fingerprint density at radius 1 is 1.20 bits per heavy atom. The van der Waals surface area contributed by atoms with Gasteiger partial charge in [-0.15, -0.1) is 10.2 Å². The third kappa shape index (κ3) is 4.50. The fraction of sp³-hybridized carbons (Fsp3) is 0.211. The van der Waals surface area contributed by atoms with Gasteiger partial charge < -0.3 is 0 Å². The summed E-state index contributed by atoms with van der Waals surface area (Å²) < 4.78 is 1.91. The van der Waals surface area contributed by atoms with Gasteiger partial charge in [-0.25, -0.2) is 0 Å². The second-order valence-electron chi connectivity index (χ2n) is 5.66. The molecule has 0 atom stereocenters. The molecule has 0 radical (unpaired) electrons. The maximum atomic E-state index is 12.1. The van der Waals surface area contributed by atoms with Crippen LogP contribution in [0.25, 0.3) is 5.69 Å². The van der Waals surface area contributed by atoms with Gasteiger partial charge in [0.2, 0.25) is 0 Å². The number of rotatable bonds is 7. The summed E-state index contributed by atoms with van der Waals surface area (Å²) >= 11 is 7.79. The predicted octanol–water partition coefficient (Wildman–Crippen LogP) is 4.98. The van der Waals surface area contributed by atoms with Crippen molar-refractivity contribution in [2.75, 3.05) is 5.75 Å². The molecule has 2 aromatic carbocycles. The Kier molecular flexibility index (Phi) is 5.89. The Hall–Kier alpha value is -2.11. The van der Waals surface area contributed by atoms with Crippen molar-refractivity contribution in [3.63, 3.8) is 0 Å². The molecule has 0 aliphatic heterocycles. The number of benzene rings is 2. The van der Waals surface area contributed by atoms with Crippen LogP contribution in [0.3, 0.4) is 0 Å². The molecule has 128 valence electrons. The number of halogens is 1. The lowest BCUT2D eigenvalue weighted by atomic mass is 10.1. The number of nitrogens with zero attached hydrogens (tertiary/aromatic N) is 3. The summed E-state index contributed by atoms with van der Waals surface area (Å²) in [6.07, 6.45) is 3.00. The topological polar surface area (TPSA) is 47.8 Å². The molecule has 0 aliphatic carbocycles. The van der Waals surface area contributed by atoms with E-state index in [1.165, 1.54) is 0 Å². The van der Waals surface area contributed by atoms with Gasteiger partial charge in [-0.3, -0.25) is 9.36 Å². The van der Waals surface area contributed by atoms with Crippen LogP contribution in [0.1, 0.15) is 28.8 Å². The summed E-state index contributed by atoms with van der Waals surface area (Å²) in [7, 11) is 0. The highest BCUT2D eigenvalue weighted by atomic mass is 35.5. The lowest BCUT2D eigenvalue weighted by molar-refractivity contribution is 0.0982. The van der Waals surface area contributed by atoms with Crippen LogP contribution in [-0.4, -0.2) is 26.3 Å². The zero-order valence-corrected chi connectivity index (χ0v) is 15.4. The SMILES string of the molecule is Cc1ccc(-n2cnnc2SCCCC(=O)c2ccccc2)cc1Cl. The van der Waals surface area contributed by atoms with Crippen LogP contribution < -0.4 is 0 Å². The summed E-state index contributed by atoms with van der Waals surface area (Å²) in [6, 6.07) is 15.3. The first-order valence-electron chi connectivity index (χ1n) is 8.03. The van der Waals surface area contributed by atoms with Crippen molar-refractivity contribution in [3.8, 4) is 5.69 Å². The Morgan fingerprint density at radius 3 is 2.76 bits per heavy atom. The van der Waals surface area contributed by atoms with Crippen LogP contribution >= 0.6 is 23.4 Å². The van der Waals surface area contributed by atoms with Gasteiger partial charge in [0.25, 0.3) is 0 Å².